The summed E-state index contributed by atoms with van der Waals surface area (Å²) in [4.78, 5) is 16.1. The average molecular weight is 335 g/mol. The molecule has 2 aliphatic heterocycles. The Bertz CT molecular complexity index is 774. The van der Waals surface area contributed by atoms with E-state index in [2.05, 4.69) is 65.7 Å². The predicted octanol–water partition coefficient (Wildman–Crippen LogP) is 3.45. The summed E-state index contributed by atoms with van der Waals surface area (Å²) < 4.78 is 0. The van der Waals surface area contributed by atoms with Crippen molar-refractivity contribution in [1.82, 2.24) is 4.90 Å². The Balaban J connectivity index is 1.40. The van der Waals surface area contributed by atoms with E-state index in [0.717, 1.165) is 36.4 Å². The highest BCUT2D eigenvalue weighted by molar-refractivity contribution is 6.01. The lowest BCUT2D eigenvalue weighted by molar-refractivity contribution is -0.117. The Kier molecular flexibility index (Phi) is 4.22. The molecule has 0 saturated carbocycles. The molecular formula is C21H25N3O. The number of likely N-dealkylation sites (N-methyl/N-ethyl adjacent to an activating group) is 1. The molecule has 2 atom stereocenters. The number of likely N-dealkylation sites (tertiary alicyclic amines) is 1. The van der Waals surface area contributed by atoms with Crippen LogP contribution in [0.2, 0.25) is 0 Å². The van der Waals surface area contributed by atoms with E-state index in [0.29, 0.717) is 18.5 Å². The van der Waals surface area contributed by atoms with Gasteiger partial charge in [0.15, 0.2) is 0 Å². The molecule has 1 fully saturated rings. The van der Waals surface area contributed by atoms with E-state index in [4.69, 9.17) is 0 Å². The third-order valence-electron chi connectivity index (χ3n) is 5.58. The van der Waals surface area contributed by atoms with Crippen molar-refractivity contribution < 1.29 is 4.79 Å². The molecule has 4 nitrogen and oxygen atoms in total. The minimum Gasteiger partial charge on any atom is -0.381 e. The van der Waals surface area contributed by atoms with Gasteiger partial charge >= 0.3 is 0 Å². The summed E-state index contributed by atoms with van der Waals surface area (Å²) in [6.07, 6.45) is 1.66. The molecule has 1 saturated heterocycles. The molecular weight excluding hydrogens is 310 g/mol. The minimum absolute atomic E-state index is 0.177. The van der Waals surface area contributed by atoms with Crippen molar-refractivity contribution in [2.75, 3.05) is 30.4 Å². The Morgan fingerprint density at radius 1 is 1.16 bits per heavy atom. The summed E-state index contributed by atoms with van der Waals surface area (Å²) in [6.45, 7) is 4.44. The summed E-state index contributed by atoms with van der Waals surface area (Å²) >= 11 is 0. The fourth-order valence-corrected chi connectivity index (χ4v) is 3.99. The van der Waals surface area contributed by atoms with E-state index in [1.807, 2.05) is 7.05 Å². The van der Waals surface area contributed by atoms with Crippen LogP contribution in [0.4, 0.5) is 11.4 Å². The summed E-state index contributed by atoms with van der Waals surface area (Å²) in [5.41, 5.74) is 4.68. The quantitative estimate of drug-likeness (QED) is 0.929. The maximum atomic E-state index is 11.8. The Labute approximate surface area is 149 Å². The monoisotopic (exact) mass is 335 g/mol. The van der Waals surface area contributed by atoms with Crippen molar-refractivity contribution in [2.45, 2.75) is 31.8 Å². The maximum Gasteiger partial charge on any atom is 0.231 e. The summed E-state index contributed by atoms with van der Waals surface area (Å²) in [7, 11) is 1.85. The molecule has 4 rings (SSSR count). The van der Waals surface area contributed by atoms with Gasteiger partial charge in [-0.15, -0.1) is 0 Å². The van der Waals surface area contributed by atoms with Crippen LogP contribution in [0.3, 0.4) is 0 Å². The van der Waals surface area contributed by atoms with Gasteiger partial charge < -0.3 is 10.2 Å². The molecule has 2 aromatic rings. The van der Waals surface area contributed by atoms with Gasteiger partial charge in [-0.1, -0.05) is 30.3 Å². The smallest absolute Gasteiger partial charge is 0.231 e. The van der Waals surface area contributed by atoms with Gasteiger partial charge in [-0.25, -0.2) is 0 Å². The standard InChI is InChI=1S/C21H25N3O/c1-15(16-6-4-3-5-7-16)24-11-10-19(14-24)22-18-8-9-20-17(12-18)13-21(25)23(20)2/h3-9,12,15,19,22H,10-11,13-14H2,1-2H3/t15-,19-/m1/s1. The molecule has 0 aromatic heterocycles. The van der Waals surface area contributed by atoms with Crippen molar-refractivity contribution in [1.29, 1.82) is 0 Å². The summed E-state index contributed by atoms with van der Waals surface area (Å²) in [5, 5.41) is 3.67. The lowest BCUT2D eigenvalue weighted by Crippen LogP contribution is -2.28. The molecule has 0 unspecified atom stereocenters. The molecule has 1 N–H and O–H groups in total. The second kappa shape index (κ2) is 6.52. The zero-order valence-corrected chi connectivity index (χ0v) is 14.9. The number of benzene rings is 2. The lowest BCUT2D eigenvalue weighted by atomic mass is 10.1. The highest BCUT2D eigenvalue weighted by Crippen LogP contribution is 2.31. The molecule has 4 heteroatoms. The molecule has 130 valence electrons. The number of hydrogen-bond acceptors (Lipinski definition) is 3. The van der Waals surface area contributed by atoms with Gasteiger partial charge in [0.2, 0.25) is 5.91 Å². The van der Waals surface area contributed by atoms with Gasteiger partial charge in [-0.05, 0) is 42.7 Å². The molecule has 0 radical (unpaired) electrons. The van der Waals surface area contributed by atoms with Crippen molar-refractivity contribution in [3.63, 3.8) is 0 Å². The van der Waals surface area contributed by atoms with Gasteiger partial charge in [-0.3, -0.25) is 9.69 Å². The van der Waals surface area contributed by atoms with Gasteiger partial charge in [0.05, 0.1) is 6.42 Å². The number of anilines is 2. The number of amides is 1. The highest BCUT2D eigenvalue weighted by atomic mass is 16.2. The first-order valence-corrected chi connectivity index (χ1v) is 9.07. The molecule has 0 spiro atoms. The van der Waals surface area contributed by atoms with Crippen molar-refractivity contribution in [3.05, 3.63) is 59.7 Å². The van der Waals surface area contributed by atoms with Crippen LogP contribution in [-0.2, 0) is 11.2 Å². The maximum absolute atomic E-state index is 11.8. The van der Waals surface area contributed by atoms with Crippen LogP contribution in [0.15, 0.2) is 48.5 Å². The fourth-order valence-electron chi connectivity index (χ4n) is 3.99. The van der Waals surface area contributed by atoms with E-state index in [-0.39, 0.29) is 5.91 Å². The van der Waals surface area contributed by atoms with Crippen LogP contribution in [-0.4, -0.2) is 37.0 Å². The second-order valence-corrected chi connectivity index (χ2v) is 7.18. The minimum atomic E-state index is 0.177. The summed E-state index contributed by atoms with van der Waals surface area (Å²) in [5.74, 6) is 0.177. The van der Waals surface area contributed by atoms with Gasteiger partial charge in [0.25, 0.3) is 0 Å². The topological polar surface area (TPSA) is 35.6 Å². The Morgan fingerprint density at radius 2 is 1.96 bits per heavy atom. The van der Waals surface area contributed by atoms with Gasteiger partial charge in [0.1, 0.15) is 0 Å². The number of nitrogens with one attached hydrogen (secondary N) is 1. The van der Waals surface area contributed by atoms with Gasteiger partial charge in [-0.2, -0.15) is 0 Å². The largest absolute Gasteiger partial charge is 0.381 e. The van der Waals surface area contributed by atoms with Crippen LogP contribution in [0.1, 0.15) is 30.5 Å². The molecule has 2 aliphatic rings. The third kappa shape index (κ3) is 3.14. The average Bonchev–Trinajstić information content (AvgIpc) is 3.20. The normalized spacial score (nSPS) is 21.4. The molecule has 2 heterocycles. The number of carbonyl (C=O) groups excluding carboxylic acids is 1. The lowest BCUT2D eigenvalue weighted by Gasteiger charge is -2.25. The molecule has 1 amide bonds. The summed E-state index contributed by atoms with van der Waals surface area (Å²) in [6, 6.07) is 17.9. The second-order valence-electron chi connectivity index (χ2n) is 7.18. The van der Waals surface area contributed by atoms with E-state index in [1.165, 1.54) is 5.56 Å². The first-order valence-electron chi connectivity index (χ1n) is 9.07. The van der Waals surface area contributed by atoms with Crippen molar-refractivity contribution in [2.24, 2.45) is 0 Å². The van der Waals surface area contributed by atoms with Crippen LogP contribution < -0.4 is 10.2 Å². The fraction of sp³-hybridized carbons (Fsp3) is 0.381. The van der Waals surface area contributed by atoms with Gasteiger partial charge in [0, 0.05) is 43.6 Å². The third-order valence-corrected chi connectivity index (χ3v) is 5.58. The number of hydrogen-bond donors (Lipinski definition) is 1. The zero-order valence-electron chi connectivity index (χ0n) is 14.9. The van der Waals surface area contributed by atoms with Crippen LogP contribution >= 0.6 is 0 Å². The number of carbonyl (C=O) groups is 1. The Morgan fingerprint density at radius 3 is 2.76 bits per heavy atom. The molecule has 25 heavy (non-hydrogen) atoms. The van der Waals surface area contributed by atoms with Crippen molar-refractivity contribution >= 4 is 17.3 Å². The highest BCUT2D eigenvalue weighted by Gasteiger charge is 2.28. The van der Waals surface area contributed by atoms with Crippen LogP contribution in [0.25, 0.3) is 0 Å². The van der Waals surface area contributed by atoms with E-state index >= 15 is 0 Å². The number of nitrogens with zero attached hydrogens (tertiary/aromatic N) is 2. The van der Waals surface area contributed by atoms with E-state index in [1.54, 1.807) is 4.90 Å². The number of rotatable bonds is 4. The zero-order chi connectivity index (χ0) is 17.4. The molecule has 0 aliphatic carbocycles. The molecule has 0 bridgehead atoms. The van der Waals surface area contributed by atoms with E-state index in [9.17, 15) is 4.79 Å². The van der Waals surface area contributed by atoms with Crippen LogP contribution in [0.5, 0.6) is 0 Å². The van der Waals surface area contributed by atoms with Crippen molar-refractivity contribution in [3.8, 4) is 0 Å². The molecule has 2 aromatic carbocycles. The first kappa shape index (κ1) is 16.2. The first-order chi connectivity index (χ1) is 12.1. The predicted molar refractivity (Wildman–Crippen MR) is 102 cm³/mol. The van der Waals surface area contributed by atoms with E-state index < -0.39 is 0 Å². The SMILES string of the molecule is C[C@H](c1ccccc1)N1CC[C@@H](Nc2ccc3c(c2)CC(=O)N3C)C1. The Hall–Kier alpha value is -2.33. The van der Waals surface area contributed by atoms with Crippen LogP contribution in [0, 0.1) is 0 Å². The number of fused-ring (bicyclic) bond motifs is 1.